The standard InChI is InChI=1S/C21H29NO8/c1-5-7-11-27-18(23)14(3)29-20(25)16-9-10-17(22-13-16)21(26)30-15(4)19(24)28-12-8-6-2/h9-10,13-15H,5-8,11-12H2,1-4H3/t14-,15+/m0/s1. The molecule has 0 saturated heterocycles. The topological polar surface area (TPSA) is 118 Å². The molecule has 0 amide bonds. The van der Waals surface area contributed by atoms with Crippen LogP contribution >= 0.6 is 0 Å². The van der Waals surface area contributed by atoms with Gasteiger partial charge in [0.25, 0.3) is 0 Å². The number of ether oxygens (including phenoxy) is 4. The highest BCUT2D eigenvalue weighted by Crippen LogP contribution is 2.08. The minimum atomic E-state index is -1.08. The number of aromatic nitrogens is 1. The lowest BCUT2D eigenvalue weighted by Gasteiger charge is -2.13. The Labute approximate surface area is 176 Å². The van der Waals surface area contributed by atoms with Crippen molar-refractivity contribution in [2.24, 2.45) is 0 Å². The molecule has 166 valence electrons. The first-order valence-corrected chi connectivity index (χ1v) is 10.0. The Bertz CT molecular complexity index is 655. The molecule has 2 atom stereocenters. The lowest BCUT2D eigenvalue weighted by molar-refractivity contribution is -0.153. The van der Waals surface area contributed by atoms with Gasteiger partial charge in [0, 0.05) is 6.20 Å². The fraction of sp³-hybridized carbons (Fsp3) is 0.571. The summed E-state index contributed by atoms with van der Waals surface area (Å²) in [5.41, 5.74) is -0.0430. The number of unbranched alkanes of at least 4 members (excludes halogenated alkanes) is 2. The fourth-order valence-corrected chi connectivity index (χ4v) is 2.05. The predicted molar refractivity (Wildman–Crippen MR) is 106 cm³/mol. The van der Waals surface area contributed by atoms with Crippen LogP contribution in [0.15, 0.2) is 18.3 Å². The number of carbonyl (C=O) groups is 4. The van der Waals surface area contributed by atoms with Crippen LogP contribution < -0.4 is 0 Å². The van der Waals surface area contributed by atoms with E-state index in [2.05, 4.69) is 4.98 Å². The minimum absolute atomic E-state index is 0.0479. The number of hydrogen-bond donors (Lipinski definition) is 0. The molecule has 0 N–H and O–H groups in total. The fourth-order valence-electron chi connectivity index (χ4n) is 2.05. The van der Waals surface area contributed by atoms with Gasteiger partial charge in [-0.15, -0.1) is 0 Å². The number of rotatable bonds is 12. The molecule has 0 fully saturated rings. The molecule has 30 heavy (non-hydrogen) atoms. The van der Waals surface area contributed by atoms with Crippen molar-refractivity contribution in [3.05, 3.63) is 29.6 Å². The van der Waals surface area contributed by atoms with Crippen LogP contribution in [0.3, 0.4) is 0 Å². The summed E-state index contributed by atoms with van der Waals surface area (Å²) >= 11 is 0. The zero-order chi connectivity index (χ0) is 22.5. The molecule has 9 nitrogen and oxygen atoms in total. The second kappa shape index (κ2) is 13.3. The summed E-state index contributed by atoms with van der Waals surface area (Å²) in [5.74, 6) is -2.89. The van der Waals surface area contributed by atoms with Crippen LogP contribution in [0.2, 0.25) is 0 Å². The highest BCUT2D eigenvalue weighted by Gasteiger charge is 2.23. The van der Waals surface area contributed by atoms with Crippen LogP contribution in [0.5, 0.6) is 0 Å². The van der Waals surface area contributed by atoms with Crippen molar-refractivity contribution in [1.82, 2.24) is 4.98 Å². The molecule has 1 aromatic rings. The van der Waals surface area contributed by atoms with Gasteiger partial charge < -0.3 is 18.9 Å². The summed E-state index contributed by atoms with van der Waals surface area (Å²) in [4.78, 5) is 51.6. The second-order valence-electron chi connectivity index (χ2n) is 6.57. The van der Waals surface area contributed by atoms with E-state index in [-0.39, 0.29) is 24.5 Å². The van der Waals surface area contributed by atoms with E-state index in [1.54, 1.807) is 0 Å². The Morgan fingerprint density at radius 2 is 1.33 bits per heavy atom. The summed E-state index contributed by atoms with van der Waals surface area (Å²) < 4.78 is 20.0. The van der Waals surface area contributed by atoms with Gasteiger partial charge >= 0.3 is 23.9 Å². The highest BCUT2D eigenvalue weighted by atomic mass is 16.6. The van der Waals surface area contributed by atoms with E-state index in [0.717, 1.165) is 31.9 Å². The largest absolute Gasteiger partial charge is 0.463 e. The monoisotopic (exact) mass is 423 g/mol. The molecule has 0 bridgehead atoms. The molecule has 1 aromatic heterocycles. The van der Waals surface area contributed by atoms with Crippen molar-refractivity contribution in [3.8, 4) is 0 Å². The zero-order valence-corrected chi connectivity index (χ0v) is 17.8. The molecule has 0 aliphatic heterocycles. The number of esters is 4. The quantitative estimate of drug-likeness (QED) is 0.284. The van der Waals surface area contributed by atoms with Crippen LogP contribution in [-0.4, -0.2) is 54.3 Å². The Kier molecular flexibility index (Phi) is 11.1. The molecule has 0 unspecified atom stereocenters. The first-order valence-electron chi connectivity index (χ1n) is 10.0. The number of carbonyl (C=O) groups excluding carboxylic acids is 4. The molecule has 9 heteroatoms. The Morgan fingerprint density at radius 3 is 1.77 bits per heavy atom. The van der Waals surface area contributed by atoms with Gasteiger partial charge in [0.15, 0.2) is 12.2 Å². The van der Waals surface area contributed by atoms with Crippen LogP contribution in [0.4, 0.5) is 0 Å². The van der Waals surface area contributed by atoms with Crippen molar-refractivity contribution in [1.29, 1.82) is 0 Å². The average Bonchev–Trinajstić information content (AvgIpc) is 2.73. The van der Waals surface area contributed by atoms with E-state index in [1.165, 1.54) is 26.0 Å². The number of hydrogen-bond acceptors (Lipinski definition) is 9. The van der Waals surface area contributed by atoms with E-state index in [0.29, 0.717) is 0 Å². The van der Waals surface area contributed by atoms with Gasteiger partial charge in [-0.05, 0) is 38.8 Å². The lowest BCUT2D eigenvalue weighted by atomic mass is 10.2. The van der Waals surface area contributed by atoms with Gasteiger partial charge in [-0.2, -0.15) is 0 Å². The minimum Gasteiger partial charge on any atom is -0.463 e. The third-order valence-corrected chi connectivity index (χ3v) is 3.92. The second-order valence-corrected chi connectivity index (χ2v) is 6.57. The van der Waals surface area contributed by atoms with E-state index < -0.39 is 36.1 Å². The van der Waals surface area contributed by atoms with Gasteiger partial charge in [0.1, 0.15) is 5.69 Å². The summed E-state index contributed by atoms with van der Waals surface area (Å²) in [6.07, 6.45) is 2.17. The smallest absolute Gasteiger partial charge is 0.357 e. The normalized spacial score (nSPS) is 12.4. The maximum Gasteiger partial charge on any atom is 0.357 e. The molecule has 0 aromatic carbocycles. The van der Waals surface area contributed by atoms with Gasteiger partial charge in [-0.1, -0.05) is 26.7 Å². The van der Waals surface area contributed by atoms with Crippen LogP contribution in [0, 0.1) is 0 Å². The van der Waals surface area contributed by atoms with Crippen molar-refractivity contribution in [2.75, 3.05) is 13.2 Å². The van der Waals surface area contributed by atoms with Gasteiger partial charge in [0.2, 0.25) is 0 Å². The molecule has 0 aliphatic carbocycles. The molecule has 0 spiro atoms. The van der Waals surface area contributed by atoms with Gasteiger partial charge in [-0.3, -0.25) is 0 Å². The molecule has 0 radical (unpaired) electrons. The van der Waals surface area contributed by atoms with Crippen LogP contribution in [-0.2, 0) is 28.5 Å². The zero-order valence-electron chi connectivity index (χ0n) is 17.8. The molecule has 0 aliphatic rings. The van der Waals surface area contributed by atoms with Crippen molar-refractivity contribution >= 4 is 23.9 Å². The Hall–Kier alpha value is -2.97. The number of nitrogens with zero attached hydrogens (tertiary/aromatic N) is 1. The third-order valence-electron chi connectivity index (χ3n) is 3.92. The first-order chi connectivity index (χ1) is 14.3. The molecule has 0 saturated carbocycles. The van der Waals surface area contributed by atoms with Crippen molar-refractivity contribution < 1.29 is 38.1 Å². The predicted octanol–water partition coefficient (Wildman–Crippen LogP) is 2.86. The van der Waals surface area contributed by atoms with Crippen molar-refractivity contribution in [2.45, 2.75) is 65.6 Å². The summed E-state index contributed by atoms with van der Waals surface area (Å²) in [7, 11) is 0. The Balaban J connectivity index is 2.56. The van der Waals surface area contributed by atoms with Gasteiger partial charge in [0.05, 0.1) is 18.8 Å². The SMILES string of the molecule is CCCCOC(=O)[C@H](C)OC(=O)c1ccc(C(=O)O[C@H](C)C(=O)OCCCC)nc1. The maximum absolute atomic E-state index is 12.1. The van der Waals surface area contributed by atoms with Crippen LogP contribution in [0.1, 0.15) is 74.2 Å². The van der Waals surface area contributed by atoms with Crippen LogP contribution in [0.25, 0.3) is 0 Å². The summed E-state index contributed by atoms with van der Waals surface area (Å²) in [6, 6.07) is 2.57. The first kappa shape index (κ1) is 25.1. The van der Waals surface area contributed by atoms with E-state index in [1.807, 2.05) is 13.8 Å². The molecular formula is C21H29NO8. The summed E-state index contributed by atoms with van der Waals surface area (Å²) in [5, 5.41) is 0. The Morgan fingerprint density at radius 1 is 0.833 bits per heavy atom. The average molecular weight is 423 g/mol. The molecule has 1 rings (SSSR count). The van der Waals surface area contributed by atoms with E-state index >= 15 is 0 Å². The highest BCUT2D eigenvalue weighted by molar-refractivity contribution is 5.93. The number of pyridine rings is 1. The van der Waals surface area contributed by atoms with Crippen molar-refractivity contribution in [3.63, 3.8) is 0 Å². The maximum atomic E-state index is 12.1. The lowest BCUT2D eigenvalue weighted by Crippen LogP contribution is -2.27. The van der Waals surface area contributed by atoms with Gasteiger partial charge in [-0.25, -0.2) is 24.2 Å². The van der Waals surface area contributed by atoms with E-state index in [9.17, 15) is 19.2 Å². The van der Waals surface area contributed by atoms with E-state index in [4.69, 9.17) is 18.9 Å². The molecule has 1 heterocycles. The summed E-state index contributed by atoms with van der Waals surface area (Å²) in [6.45, 7) is 7.26. The third kappa shape index (κ3) is 8.59. The molecular weight excluding hydrogens is 394 g/mol.